The van der Waals surface area contributed by atoms with Gasteiger partial charge in [-0.05, 0) is 44.5 Å². The molecule has 4 heteroatoms. The van der Waals surface area contributed by atoms with E-state index in [1.807, 2.05) is 36.4 Å². The molecule has 2 aliphatic heterocycles. The predicted molar refractivity (Wildman–Crippen MR) is 290 cm³/mol. The average Bonchev–Trinajstić information content (AvgIpc) is 4.08. The minimum atomic E-state index is -1.41. The summed E-state index contributed by atoms with van der Waals surface area (Å²) in [6.07, 6.45) is 0. The van der Waals surface area contributed by atoms with Crippen molar-refractivity contribution in [2.75, 3.05) is 0 Å². The monoisotopic (exact) mass is 894 g/mol. The molecular weight excluding hydrogens is 849 g/mol. The van der Waals surface area contributed by atoms with Gasteiger partial charge in [-0.2, -0.15) is 0 Å². The van der Waals surface area contributed by atoms with E-state index in [4.69, 9.17) is 20.0 Å². The van der Waals surface area contributed by atoms with Crippen LogP contribution in [0.4, 0.5) is 0 Å². The second-order valence-electron chi connectivity index (χ2n) is 17.7. The summed E-state index contributed by atoms with van der Waals surface area (Å²) in [4.78, 5) is 24.0. The maximum absolute atomic E-state index is 5.99. The Morgan fingerprint density at radius 2 is 0.314 bits per heavy atom. The van der Waals surface area contributed by atoms with Crippen molar-refractivity contribution in [3.8, 4) is 44.5 Å². The lowest BCUT2D eigenvalue weighted by Crippen LogP contribution is -2.43. The number of nitrogens with zero attached hydrogens (tertiary/aromatic N) is 4. The highest BCUT2D eigenvalue weighted by molar-refractivity contribution is 6.56. The third kappa shape index (κ3) is 7.72. The molecule has 0 saturated heterocycles. The Morgan fingerprint density at radius 3 is 0.514 bits per heavy atom. The van der Waals surface area contributed by atoms with Crippen molar-refractivity contribution < 1.29 is 0 Å². The fourth-order valence-corrected chi connectivity index (χ4v) is 9.83. The van der Waals surface area contributed by atoms with Gasteiger partial charge in [-0.1, -0.05) is 279 Å². The Morgan fingerprint density at radius 1 is 0.157 bits per heavy atom. The molecular formula is C66H46N4. The summed E-state index contributed by atoms with van der Waals surface area (Å²) in [6, 6.07) is 97.6. The smallest absolute Gasteiger partial charge is 0.226 e. The van der Waals surface area contributed by atoms with Crippen molar-refractivity contribution in [3.05, 3.63) is 312 Å². The highest BCUT2D eigenvalue weighted by Gasteiger charge is 2.60. The zero-order chi connectivity index (χ0) is 46.7. The van der Waals surface area contributed by atoms with E-state index in [9.17, 15) is 0 Å². The summed E-state index contributed by atoms with van der Waals surface area (Å²) in [6.45, 7) is 0. The topological polar surface area (TPSA) is 49.4 Å². The molecule has 2 heterocycles. The van der Waals surface area contributed by atoms with Gasteiger partial charge in [-0.25, -0.2) is 20.0 Å². The number of hydrogen-bond acceptors (Lipinski definition) is 4. The summed E-state index contributed by atoms with van der Waals surface area (Å²) < 4.78 is 0. The predicted octanol–water partition coefficient (Wildman–Crippen LogP) is 15.3. The van der Waals surface area contributed by atoms with Crippen LogP contribution in [0.25, 0.3) is 44.5 Å². The van der Waals surface area contributed by atoms with E-state index >= 15 is 0 Å². The molecule has 4 nitrogen and oxygen atoms in total. The number of rotatable bonds is 11. The molecule has 330 valence electrons. The normalized spacial score (nSPS) is 14.6. The Labute approximate surface area is 409 Å². The highest BCUT2D eigenvalue weighted by atomic mass is 15.3. The average molecular weight is 895 g/mol. The van der Waals surface area contributed by atoms with Crippen molar-refractivity contribution >= 4 is 22.8 Å². The molecule has 0 spiro atoms. The third-order valence-electron chi connectivity index (χ3n) is 13.4. The zero-order valence-electron chi connectivity index (χ0n) is 38.3. The van der Waals surface area contributed by atoms with E-state index in [1.54, 1.807) is 0 Å². The Hall–Kier alpha value is -9.12. The first kappa shape index (κ1) is 42.2. The Bertz CT molecular complexity index is 3110. The van der Waals surface area contributed by atoms with Gasteiger partial charge in [0.05, 0.1) is 22.8 Å². The summed E-state index contributed by atoms with van der Waals surface area (Å²) >= 11 is 0. The molecule has 0 radical (unpaired) electrons. The van der Waals surface area contributed by atoms with Crippen LogP contribution >= 0.6 is 0 Å². The molecule has 0 aromatic heterocycles. The largest absolute Gasteiger partial charge is 0.243 e. The maximum Gasteiger partial charge on any atom is 0.226 e. The van der Waals surface area contributed by atoms with Crippen LogP contribution in [-0.2, 0) is 11.3 Å². The molecule has 10 aromatic carbocycles. The Kier molecular flexibility index (Phi) is 11.0. The highest BCUT2D eigenvalue weighted by Crippen LogP contribution is 2.54. The molecule has 12 rings (SSSR count). The summed E-state index contributed by atoms with van der Waals surface area (Å²) in [5.74, 6) is 0. The van der Waals surface area contributed by atoms with Crippen molar-refractivity contribution in [2.45, 2.75) is 11.3 Å². The molecule has 0 saturated carbocycles. The standard InChI is InChI=1S/C66H46N4/c1-7-19-47(20-8-1)51-31-39-55(40-32-51)61-62(56-41-33-52(34-42-56)48-21-9-2-10-22-48)68-65(67-61,59-27-15-5-16-28-59)66(60-29-17-6-18-30-60)69-63(57-43-35-53(36-44-57)49-23-11-3-12-24-49)64(70-66)58-45-37-54(38-46-58)50-25-13-4-14-26-50/h1-46H. The lowest BCUT2D eigenvalue weighted by molar-refractivity contribution is 0.257. The van der Waals surface area contributed by atoms with E-state index < -0.39 is 11.3 Å². The molecule has 70 heavy (non-hydrogen) atoms. The molecule has 0 bridgehead atoms. The van der Waals surface area contributed by atoms with E-state index in [0.29, 0.717) is 0 Å². The summed E-state index contributed by atoms with van der Waals surface area (Å²) in [7, 11) is 0. The van der Waals surface area contributed by atoms with Crippen LogP contribution in [0.3, 0.4) is 0 Å². The van der Waals surface area contributed by atoms with Crippen LogP contribution in [0.2, 0.25) is 0 Å². The number of aliphatic imine (C=N–C) groups is 4. The third-order valence-corrected chi connectivity index (χ3v) is 13.4. The van der Waals surface area contributed by atoms with Gasteiger partial charge < -0.3 is 0 Å². The molecule has 0 aliphatic carbocycles. The summed E-state index contributed by atoms with van der Waals surface area (Å²) in [5.41, 5.74) is 14.9. The van der Waals surface area contributed by atoms with Crippen molar-refractivity contribution in [1.82, 2.24) is 0 Å². The minimum Gasteiger partial charge on any atom is -0.243 e. The fraction of sp³-hybridized carbons (Fsp3) is 0.0303. The van der Waals surface area contributed by atoms with E-state index in [1.165, 1.54) is 0 Å². The van der Waals surface area contributed by atoms with Gasteiger partial charge in [0.25, 0.3) is 0 Å². The van der Waals surface area contributed by atoms with E-state index in [0.717, 1.165) is 101 Å². The van der Waals surface area contributed by atoms with Crippen LogP contribution in [0, 0.1) is 0 Å². The molecule has 0 N–H and O–H groups in total. The van der Waals surface area contributed by atoms with Gasteiger partial charge in [-0.3, -0.25) is 0 Å². The van der Waals surface area contributed by atoms with E-state index in [-0.39, 0.29) is 0 Å². The van der Waals surface area contributed by atoms with Crippen molar-refractivity contribution in [3.63, 3.8) is 0 Å². The number of hydrogen-bond donors (Lipinski definition) is 0. The molecule has 0 atom stereocenters. The lowest BCUT2D eigenvalue weighted by atomic mass is 9.82. The first-order valence-corrected chi connectivity index (χ1v) is 23.8. The lowest BCUT2D eigenvalue weighted by Gasteiger charge is -2.38. The maximum atomic E-state index is 5.99. The number of benzene rings is 10. The first-order chi connectivity index (χ1) is 34.6. The van der Waals surface area contributed by atoms with Crippen LogP contribution in [-0.4, -0.2) is 22.8 Å². The SMILES string of the molecule is c1ccc(-c2ccc(C3=NC(c4ccccc4)(C4(c5ccccc5)N=C(c5ccc(-c6ccccc6)cc5)C(c5ccc(-c6ccccc6)cc5)=N4)N=C3c3ccc(-c4ccccc4)cc3)cc2)cc1. The van der Waals surface area contributed by atoms with Crippen LogP contribution < -0.4 is 0 Å². The van der Waals surface area contributed by atoms with E-state index in [2.05, 4.69) is 243 Å². The van der Waals surface area contributed by atoms with Crippen LogP contribution in [0.5, 0.6) is 0 Å². The fourth-order valence-electron chi connectivity index (χ4n) is 9.83. The second kappa shape index (κ2) is 18.2. The first-order valence-electron chi connectivity index (χ1n) is 23.8. The van der Waals surface area contributed by atoms with Gasteiger partial charge in [-0.15, -0.1) is 0 Å². The van der Waals surface area contributed by atoms with Crippen molar-refractivity contribution in [1.29, 1.82) is 0 Å². The quantitative estimate of drug-likeness (QED) is 0.124. The minimum absolute atomic E-state index is 0.770. The Balaban J connectivity index is 1.11. The van der Waals surface area contributed by atoms with Crippen LogP contribution in [0.15, 0.2) is 299 Å². The molecule has 0 unspecified atom stereocenters. The summed E-state index contributed by atoms with van der Waals surface area (Å²) in [5, 5.41) is 0. The zero-order valence-corrected chi connectivity index (χ0v) is 38.3. The van der Waals surface area contributed by atoms with Gasteiger partial charge >= 0.3 is 0 Å². The van der Waals surface area contributed by atoms with Crippen LogP contribution in [0.1, 0.15) is 33.4 Å². The molecule has 10 aromatic rings. The van der Waals surface area contributed by atoms with Gasteiger partial charge in [0.15, 0.2) is 0 Å². The molecule has 2 aliphatic rings. The molecule has 0 amide bonds. The second-order valence-corrected chi connectivity index (χ2v) is 17.7. The molecule has 0 fully saturated rings. The van der Waals surface area contributed by atoms with Gasteiger partial charge in [0, 0.05) is 33.4 Å². The van der Waals surface area contributed by atoms with Gasteiger partial charge in [0.2, 0.25) is 11.3 Å². The van der Waals surface area contributed by atoms with Crippen molar-refractivity contribution in [2.24, 2.45) is 20.0 Å². The van der Waals surface area contributed by atoms with Gasteiger partial charge in [0.1, 0.15) is 0 Å².